The third-order valence-corrected chi connectivity index (χ3v) is 3.88. The summed E-state index contributed by atoms with van der Waals surface area (Å²) in [6.07, 6.45) is 6.63. The summed E-state index contributed by atoms with van der Waals surface area (Å²) in [5.74, 6) is 0.801. The number of likely N-dealkylation sites (N-methyl/N-ethyl adjacent to an activating group) is 1. The van der Waals surface area contributed by atoms with E-state index in [4.69, 9.17) is 5.73 Å². The zero-order valence-electron chi connectivity index (χ0n) is 12.0. The number of nitrogens with two attached hydrogens (primary N) is 1. The topological polar surface area (TPSA) is 32.5 Å². The Balaban J connectivity index is 2.17. The zero-order valence-corrected chi connectivity index (χ0v) is 12.0. The highest BCUT2D eigenvalue weighted by molar-refractivity contribution is 4.80. The molecular weight excluding hydrogens is 210 g/mol. The van der Waals surface area contributed by atoms with Gasteiger partial charge in [0.15, 0.2) is 0 Å². The largest absolute Gasteiger partial charge is 0.330 e. The molecule has 1 fully saturated rings. The fourth-order valence-electron chi connectivity index (χ4n) is 2.89. The Hall–Kier alpha value is -0.120. The van der Waals surface area contributed by atoms with E-state index in [-0.39, 0.29) is 0 Å². The van der Waals surface area contributed by atoms with Crippen LogP contribution in [0.25, 0.3) is 0 Å². The van der Waals surface area contributed by atoms with E-state index in [2.05, 4.69) is 30.8 Å². The van der Waals surface area contributed by atoms with Crippen LogP contribution in [0.1, 0.15) is 39.0 Å². The van der Waals surface area contributed by atoms with Crippen LogP contribution in [0, 0.1) is 5.92 Å². The molecule has 0 saturated carbocycles. The molecule has 3 nitrogen and oxygen atoms in total. The summed E-state index contributed by atoms with van der Waals surface area (Å²) < 4.78 is 0. The van der Waals surface area contributed by atoms with Crippen molar-refractivity contribution in [1.82, 2.24) is 9.80 Å². The lowest BCUT2D eigenvalue weighted by Gasteiger charge is -2.27. The third-order valence-electron chi connectivity index (χ3n) is 3.88. The first-order valence-electron chi connectivity index (χ1n) is 7.22. The van der Waals surface area contributed by atoms with Crippen molar-refractivity contribution in [3.63, 3.8) is 0 Å². The molecule has 3 heteroatoms. The lowest BCUT2D eigenvalue weighted by molar-refractivity contribution is 0.201. The summed E-state index contributed by atoms with van der Waals surface area (Å²) in [5, 5.41) is 0. The zero-order chi connectivity index (χ0) is 12.7. The van der Waals surface area contributed by atoms with Crippen LogP contribution < -0.4 is 5.73 Å². The quantitative estimate of drug-likeness (QED) is 0.703. The van der Waals surface area contributed by atoms with Crippen molar-refractivity contribution in [3.8, 4) is 0 Å². The van der Waals surface area contributed by atoms with Crippen LogP contribution in [0.3, 0.4) is 0 Å². The smallest absolute Gasteiger partial charge is 0.0223 e. The van der Waals surface area contributed by atoms with E-state index in [0.29, 0.717) is 0 Å². The number of nitrogens with zero attached hydrogens (tertiary/aromatic N) is 2. The highest BCUT2D eigenvalue weighted by atomic mass is 15.2. The first-order chi connectivity index (χ1) is 8.13. The average Bonchev–Trinajstić information content (AvgIpc) is 2.65. The van der Waals surface area contributed by atoms with Gasteiger partial charge in [0.2, 0.25) is 0 Å². The normalized spacial score (nSPS) is 23.5. The number of hydrogen-bond acceptors (Lipinski definition) is 3. The van der Waals surface area contributed by atoms with Crippen LogP contribution >= 0.6 is 0 Å². The maximum absolute atomic E-state index is 5.58. The van der Waals surface area contributed by atoms with Crippen LogP contribution in [0.5, 0.6) is 0 Å². The molecule has 102 valence electrons. The maximum Gasteiger partial charge on any atom is 0.0223 e. The molecule has 2 unspecified atom stereocenters. The minimum absolute atomic E-state index is 0.801. The molecule has 1 heterocycles. The highest BCUT2D eigenvalue weighted by Crippen LogP contribution is 2.19. The molecule has 1 saturated heterocycles. The van der Waals surface area contributed by atoms with Crippen molar-refractivity contribution in [3.05, 3.63) is 0 Å². The van der Waals surface area contributed by atoms with Gasteiger partial charge in [0, 0.05) is 12.6 Å². The van der Waals surface area contributed by atoms with Crippen LogP contribution in [0.4, 0.5) is 0 Å². The van der Waals surface area contributed by atoms with Gasteiger partial charge in [-0.05, 0) is 71.8 Å². The van der Waals surface area contributed by atoms with Crippen molar-refractivity contribution in [2.45, 2.75) is 45.1 Å². The molecule has 0 radical (unpaired) electrons. The predicted molar refractivity (Wildman–Crippen MR) is 75.2 cm³/mol. The summed E-state index contributed by atoms with van der Waals surface area (Å²) in [6.45, 7) is 6.98. The fraction of sp³-hybridized carbons (Fsp3) is 1.00. The average molecular weight is 241 g/mol. The van der Waals surface area contributed by atoms with Gasteiger partial charge in [-0.25, -0.2) is 0 Å². The highest BCUT2D eigenvalue weighted by Gasteiger charge is 2.24. The molecule has 0 aromatic rings. The summed E-state index contributed by atoms with van der Waals surface area (Å²) >= 11 is 0. The minimum Gasteiger partial charge on any atom is -0.330 e. The first kappa shape index (κ1) is 14.9. The molecule has 0 bridgehead atoms. The van der Waals surface area contributed by atoms with E-state index in [1.165, 1.54) is 51.7 Å². The molecule has 0 aromatic heterocycles. The Morgan fingerprint density at radius 3 is 2.76 bits per heavy atom. The van der Waals surface area contributed by atoms with Crippen molar-refractivity contribution in [1.29, 1.82) is 0 Å². The Morgan fingerprint density at radius 1 is 1.35 bits per heavy atom. The van der Waals surface area contributed by atoms with Gasteiger partial charge in [0.05, 0.1) is 0 Å². The Labute approximate surface area is 107 Å². The molecular formula is C14H31N3. The van der Waals surface area contributed by atoms with E-state index in [1.54, 1.807) is 0 Å². The van der Waals surface area contributed by atoms with Crippen molar-refractivity contribution < 1.29 is 0 Å². The van der Waals surface area contributed by atoms with Crippen molar-refractivity contribution in [2.75, 3.05) is 40.3 Å². The number of hydrogen-bond donors (Lipinski definition) is 1. The SMILES string of the molecule is CC(CCN)CCCN1CCCC1CN(C)C. The Kier molecular flexibility index (Phi) is 7.09. The third kappa shape index (κ3) is 5.84. The standard InChI is InChI=1S/C14H31N3/c1-13(8-9-15)6-4-10-17-11-5-7-14(17)12-16(2)3/h13-14H,4-12,15H2,1-3H3. The van der Waals surface area contributed by atoms with E-state index in [9.17, 15) is 0 Å². The van der Waals surface area contributed by atoms with Gasteiger partial charge in [-0.3, -0.25) is 4.90 Å². The lowest BCUT2D eigenvalue weighted by atomic mass is 10.0. The Morgan fingerprint density at radius 2 is 2.12 bits per heavy atom. The van der Waals surface area contributed by atoms with Gasteiger partial charge in [-0.1, -0.05) is 6.92 Å². The first-order valence-corrected chi connectivity index (χ1v) is 7.22. The summed E-state index contributed by atoms with van der Waals surface area (Å²) in [5.41, 5.74) is 5.58. The second-order valence-corrected chi connectivity index (χ2v) is 5.92. The van der Waals surface area contributed by atoms with Gasteiger partial charge in [-0.15, -0.1) is 0 Å². The van der Waals surface area contributed by atoms with Crippen molar-refractivity contribution in [2.24, 2.45) is 11.7 Å². The minimum atomic E-state index is 0.801. The number of likely N-dealkylation sites (tertiary alicyclic amines) is 1. The lowest BCUT2D eigenvalue weighted by Crippen LogP contribution is -2.38. The summed E-state index contributed by atoms with van der Waals surface area (Å²) in [4.78, 5) is 5.01. The van der Waals surface area contributed by atoms with Crippen molar-refractivity contribution >= 4 is 0 Å². The second kappa shape index (κ2) is 8.06. The molecule has 0 amide bonds. The van der Waals surface area contributed by atoms with Gasteiger partial charge >= 0.3 is 0 Å². The van der Waals surface area contributed by atoms with Crippen LogP contribution in [-0.2, 0) is 0 Å². The van der Waals surface area contributed by atoms with Gasteiger partial charge in [0.1, 0.15) is 0 Å². The molecule has 1 rings (SSSR count). The van der Waals surface area contributed by atoms with Crippen LogP contribution in [0.2, 0.25) is 0 Å². The van der Waals surface area contributed by atoms with Gasteiger partial charge in [-0.2, -0.15) is 0 Å². The molecule has 0 spiro atoms. The van der Waals surface area contributed by atoms with Crippen LogP contribution in [0.15, 0.2) is 0 Å². The second-order valence-electron chi connectivity index (χ2n) is 5.92. The molecule has 2 atom stereocenters. The molecule has 0 aliphatic carbocycles. The van der Waals surface area contributed by atoms with E-state index in [1.807, 2.05) is 0 Å². The fourth-order valence-corrected chi connectivity index (χ4v) is 2.89. The molecule has 1 aliphatic heterocycles. The summed E-state index contributed by atoms with van der Waals surface area (Å²) in [6, 6.07) is 0.801. The predicted octanol–water partition coefficient (Wildman–Crippen LogP) is 1.78. The molecule has 2 N–H and O–H groups in total. The van der Waals surface area contributed by atoms with Gasteiger partial charge < -0.3 is 10.6 Å². The molecule has 0 aromatic carbocycles. The van der Waals surface area contributed by atoms with E-state index in [0.717, 1.165) is 18.5 Å². The molecule has 1 aliphatic rings. The molecule has 17 heavy (non-hydrogen) atoms. The van der Waals surface area contributed by atoms with Crippen LogP contribution in [-0.4, -0.2) is 56.1 Å². The van der Waals surface area contributed by atoms with E-state index >= 15 is 0 Å². The number of rotatable bonds is 8. The van der Waals surface area contributed by atoms with E-state index < -0.39 is 0 Å². The van der Waals surface area contributed by atoms with Gasteiger partial charge in [0.25, 0.3) is 0 Å². The monoisotopic (exact) mass is 241 g/mol. The Bertz CT molecular complexity index is 194. The maximum atomic E-state index is 5.58. The summed E-state index contributed by atoms with van der Waals surface area (Å²) in [7, 11) is 4.36.